The molecule has 2 rings (SSSR count). The van der Waals surface area contributed by atoms with Gasteiger partial charge in [0, 0.05) is 6.54 Å². The van der Waals surface area contributed by atoms with Crippen LogP contribution in [0.25, 0.3) is 0 Å². The number of hydrogen-bond acceptors (Lipinski definition) is 3. The van der Waals surface area contributed by atoms with Crippen molar-refractivity contribution >= 4 is 0 Å². The van der Waals surface area contributed by atoms with Gasteiger partial charge in [-0.15, -0.1) is 0 Å². The molecule has 0 aromatic carbocycles. The second kappa shape index (κ2) is 7.05. The van der Waals surface area contributed by atoms with E-state index < -0.39 is 0 Å². The van der Waals surface area contributed by atoms with Crippen molar-refractivity contribution in [2.24, 2.45) is 17.8 Å². The summed E-state index contributed by atoms with van der Waals surface area (Å²) in [4.78, 5) is 2.50. The Morgan fingerprint density at radius 2 is 1.84 bits per heavy atom. The maximum atomic E-state index is 10.2. The Labute approximate surface area is 118 Å². The largest absolute Gasteiger partial charge is 0.393 e. The number of piperidine rings is 1. The summed E-state index contributed by atoms with van der Waals surface area (Å²) in [6.07, 6.45) is 6.63. The maximum absolute atomic E-state index is 10.2. The molecule has 0 radical (unpaired) electrons. The first kappa shape index (κ1) is 15.3. The second-order valence-corrected chi connectivity index (χ2v) is 6.79. The van der Waals surface area contributed by atoms with Crippen LogP contribution in [0.4, 0.5) is 0 Å². The van der Waals surface area contributed by atoms with Gasteiger partial charge in [0.25, 0.3) is 0 Å². The number of aliphatic hydroxyl groups excluding tert-OH is 2. The topological polar surface area (TPSA) is 43.7 Å². The van der Waals surface area contributed by atoms with E-state index in [1.165, 1.54) is 19.3 Å². The number of likely N-dealkylation sites (tertiary alicyclic amines) is 1. The van der Waals surface area contributed by atoms with E-state index in [0.717, 1.165) is 44.8 Å². The minimum Gasteiger partial charge on any atom is -0.393 e. The molecule has 0 aromatic rings. The molecule has 0 spiro atoms. The van der Waals surface area contributed by atoms with Gasteiger partial charge in [0.05, 0.1) is 12.2 Å². The van der Waals surface area contributed by atoms with Crippen molar-refractivity contribution in [2.45, 2.75) is 64.6 Å². The number of nitrogens with zero attached hydrogens (tertiary/aromatic N) is 1. The van der Waals surface area contributed by atoms with Gasteiger partial charge in [-0.1, -0.05) is 13.3 Å². The van der Waals surface area contributed by atoms with Crippen LogP contribution in [0.1, 0.15) is 52.4 Å². The van der Waals surface area contributed by atoms with Gasteiger partial charge >= 0.3 is 0 Å². The molecule has 2 N–H and O–H groups in total. The van der Waals surface area contributed by atoms with Gasteiger partial charge in [-0.25, -0.2) is 0 Å². The van der Waals surface area contributed by atoms with Gasteiger partial charge in [0.15, 0.2) is 0 Å². The normalized spacial score (nSPS) is 36.3. The first-order valence-electron chi connectivity index (χ1n) is 8.18. The lowest BCUT2D eigenvalue weighted by Gasteiger charge is -2.39. The Morgan fingerprint density at radius 1 is 1.16 bits per heavy atom. The van der Waals surface area contributed by atoms with E-state index in [9.17, 15) is 10.2 Å². The van der Waals surface area contributed by atoms with Gasteiger partial charge in [0.1, 0.15) is 0 Å². The van der Waals surface area contributed by atoms with Crippen molar-refractivity contribution in [2.75, 3.05) is 19.6 Å². The summed E-state index contributed by atoms with van der Waals surface area (Å²) in [7, 11) is 0. The van der Waals surface area contributed by atoms with E-state index in [2.05, 4.69) is 11.8 Å². The zero-order valence-corrected chi connectivity index (χ0v) is 12.6. The maximum Gasteiger partial charge on any atom is 0.0580 e. The third-order valence-corrected chi connectivity index (χ3v) is 5.44. The van der Waals surface area contributed by atoms with Crippen LogP contribution >= 0.6 is 0 Å². The molecular formula is C16H31NO2. The molecule has 2 fully saturated rings. The van der Waals surface area contributed by atoms with Gasteiger partial charge in [-0.3, -0.25) is 0 Å². The van der Waals surface area contributed by atoms with Gasteiger partial charge < -0.3 is 15.1 Å². The molecule has 4 unspecified atom stereocenters. The molecule has 0 bridgehead atoms. The van der Waals surface area contributed by atoms with Crippen LogP contribution < -0.4 is 0 Å². The van der Waals surface area contributed by atoms with Crippen LogP contribution in [0.15, 0.2) is 0 Å². The Morgan fingerprint density at radius 3 is 2.42 bits per heavy atom. The fourth-order valence-electron chi connectivity index (χ4n) is 3.86. The number of aliphatic hydroxyl groups is 2. The van der Waals surface area contributed by atoms with Crippen molar-refractivity contribution in [3.63, 3.8) is 0 Å². The first-order valence-corrected chi connectivity index (χ1v) is 8.18. The average molecular weight is 269 g/mol. The number of rotatable bonds is 4. The van der Waals surface area contributed by atoms with E-state index in [-0.39, 0.29) is 12.2 Å². The SMILES string of the molecule is CCC1CCC(O)C(CN2CCC(C(C)O)CC2)C1. The minimum atomic E-state index is -0.160. The fraction of sp³-hybridized carbons (Fsp3) is 1.00. The van der Waals surface area contributed by atoms with Crippen molar-refractivity contribution in [3.8, 4) is 0 Å². The lowest BCUT2D eigenvalue weighted by Crippen LogP contribution is -2.43. The predicted molar refractivity (Wildman–Crippen MR) is 78.0 cm³/mol. The van der Waals surface area contributed by atoms with Crippen molar-refractivity contribution < 1.29 is 10.2 Å². The quantitative estimate of drug-likeness (QED) is 0.823. The highest BCUT2D eigenvalue weighted by Crippen LogP contribution is 2.32. The monoisotopic (exact) mass is 269 g/mol. The highest BCUT2D eigenvalue weighted by atomic mass is 16.3. The average Bonchev–Trinajstić information content (AvgIpc) is 2.42. The zero-order chi connectivity index (χ0) is 13.8. The van der Waals surface area contributed by atoms with E-state index in [1.807, 2.05) is 6.92 Å². The van der Waals surface area contributed by atoms with Gasteiger partial charge in [-0.2, -0.15) is 0 Å². The van der Waals surface area contributed by atoms with Crippen LogP contribution in [0.3, 0.4) is 0 Å². The van der Waals surface area contributed by atoms with Crippen molar-refractivity contribution in [1.29, 1.82) is 0 Å². The Bertz CT molecular complexity index is 261. The highest BCUT2D eigenvalue weighted by molar-refractivity contribution is 4.83. The Hall–Kier alpha value is -0.120. The predicted octanol–water partition coefficient (Wildman–Crippen LogP) is 2.27. The molecule has 3 nitrogen and oxygen atoms in total. The van der Waals surface area contributed by atoms with E-state index in [0.29, 0.717) is 11.8 Å². The van der Waals surface area contributed by atoms with E-state index in [1.54, 1.807) is 0 Å². The molecule has 2 aliphatic rings. The zero-order valence-electron chi connectivity index (χ0n) is 12.6. The summed E-state index contributed by atoms with van der Waals surface area (Å²) in [6, 6.07) is 0. The van der Waals surface area contributed by atoms with E-state index >= 15 is 0 Å². The standard InChI is InChI=1S/C16H31NO2/c1-3-13-4-5-16(19)15(10-13)11-17-8-6-14(7-9-17)12(2)18/h12-16,18-19H,3-11H2,1-2H3. The molecule has 0 aromatic heterocycles. The molecule has 1 aliphatic carbocycles. The number of hydrogen-bond donors (Lipinski definition) is 2. The summed E-state index contributed by atoms with van der Waals surface area (Å²) < 4.78 is 0. The van der Waals surface area contributed by atoms with E-state index in [4.69, 9.17) is 0 Å². The molecule has 1 heterocycles. The lowest BCUT2D eigenvalue weighted by atomic mass is 9.78. The molecule has 3 heteroatoms. The summed E-state index contributed by atoms with van der Waals surface area (Å²) in [5.41, 5.74) is 0. The summed E-state index contributed by atoms with van der Waals surface area (Å²) in [5.74, 6) is 1.78. The molecular weight excluding hydrogens is 238 g/mol. The van der Waals surface area contributed by atoms with Crippen molar-refractivity contribution in [1.82, 2.24) is 4.90 Å². The van der Waals surface area contributed by atoms with Crippen LogP contribution in [-0.2, 0) is 0 Å². The van der Waals surface area contributed by atoms with Crippen LogP contribution in [0, 0.1) is 17.8 Å². The fourth-order valence-corrected chi connectivity index (χ4v) is 3.86. The molecule has 1 aliphatic heterocycles. The third kappa shape index (κ3) is 4.17. The molecule has 0 amide bonds. The molecule has 1 saturated carbocycles. The molecule has 112 valence electrons. The molecule has 19 heavy (non-hydrogen) atoms. The summed E-state index contributed by atoms with van der Waals surface area (Å²) in [5, 5.41) is 19.8. The summed E-state index contributed by atoms with van der Waals surface area (Å²) >= 11 is 0. The Kier molecular flexibility index (Phi) is 5.67. The first-order chi connectivity index (χ1) is 9.10. The van der Waals surface area contributed by atoms with Gasteiger partial charge in [-0.05, 0) is 69.9 Å². The lowest BCUT2D eigenvalue weighted by molar-refractivity contribution is 0.0115. The Balaban J connectivity index is 1.78. The highest BCUT2D eigenvalue weighted by Gasteiger charge is 2.31. The minimum absolute atomic E-state index is 0.0858. The smallest absolute Gasteiger partial charge is 0.0580 e. The third-order valence-electron chi connectivity index (χ3n) is 5.44. The van der Waals surface area contributed by atoms with Crippen LogP contribution in [0.5, 0.6) is 0 Å². The van der Waals surface area contributed by atoms with Gasteiger partial charge in [0.2, 0.25) is 0 Å². The second-order valence-electron chi connectivity index (χ2n) is 6.79. The van der Waals surface area contributed by atoms with Crippen molar-refractivity contribution in [3.05, 3.63) is 0 Å². The molecule has 1 saturated heterocycles. The van der Waals surface area contributed by atoms with Crippen LogP contribution in [0.2, 0.25) is 0 Å². The summed E-state index contributed by atoms with van der Waals surface area (Å²) in [6.45, 7) is 7.43. The van der Waals surface area contributed by atoms with Crippen LogP contribution in [-0.4, -0.2) is 47.0 Å². The molecule has 4 atom stereocenters.